The summed E-state index contributed by atoms with van der Waals surface area (Å²) >= 11 is 0. The van der Waals surface area contributed by atoms with E-state index in [4.69, 9.17) is 0 Å². The van der Waals surface area contributed by atoms with Crippen molar-refractivity contribution >= 4 is 15.7 Å². The Labute approximate surface area is 113 Å². The molecule has 1 aromatic carbocycles. The fourth-order valence-electron chi connectivity index (χ4n) is 1.55. The molecule has 0 aliphatic heterocycles. The monoisotopic (exact) mass is 286 g/mol. The first-order valence-corrected chi connectivity index (χ1v) is 7.65. The van der Waals surface area contributed by atoms with Gasteiger partial charge in [0.05, 0.1) is 10.7 Å². The van der Waals surface area contributed by atoms with E-state index < -0.39 is 14.9 Å². The van der Waals surface area contributed by atoms with E-state index in [1.165, 1.54) is 28.6 Å². The summed E-state index contributed by atoms with van der Waals surface area (Å²) in [5.41, 5.74) is 0.509. The number of unbranched alkanes of at least 4 members (excludes halogenated alkanes) is 1. The molecule has 0 saturated carbocycles. The third kappa shape index (κ3) is 4.60. The fourth-order valence-corrected chi connectivity index (χ4v) is 2.80. The molecule has 1 aromatic rings. The van der Waals surface area contributed by atoms with Gasteiger partial charge in [0.2, 0.25) is 10.0 Å². The summed E-state index contributed by atoms with van der Waals surface area (Å²) < 4.78 is 25.4. The predicted molar refractivity (Wildman–Crippen MR) is 73.3 cm³/mol. The molecule has 0 atom stereocenters. The van der Waals surface area contributed by atoms with Crippen molar-refractivity contribution in [3.63, 3.8) is 0 Å². The minimum atomic E-state index is -3.36. The molecule has 0 fully saturated rings. The van der Waals surface area contributed by atoms with Crippen molar-refractivity contribution in [1.82, 2.24) is 4.31 Å². The van der Waals surface area contributed by atoms with Crippen LogP contribution in [0.2, 0.25) is 0 Å². The highest BCUT2D eigenvalue weighted by atomic mass is 32.2. The van der Waals surface area contributed by atoms with E-state index in [1.807, 2.05) is 6.92 Å². The molecule has 0 aliphatic carbocycles. The van der Waals surface area contributed by atoms with Gasteiger partial charge in [0.15, 0.2) is 0 Å². The molecular formula is C12H18N2O4S. The van der Waals surface area contributed by atoms with Crippen LogP contribution in [0.1, 0.15) is 25.3 Å². The molecule has 0 radical (unpaired) electrons. The number of nitro benzene ring substituents is 1. The van der Waals surface area contributed by atoms with Gasteiger partial charge in [0, 0.05) is 25.7 Å². The largest absolute Gasteiger partial charge is 0.269 e. The van der Waals surface area contributed by atoms with Gasteiger partial charge in [0.25, 0.3) is 5.69 Å². The van der Waals surface area contributed by atoms with Crippen LogP contribution in [0.5, 0.6) is 0 Å². The molecule has 0 saturated heterocycles. The number of benzene rings is 1. The summed E-state index contributed by atoms with van der Waals surface area (Å²) in [6, 6.07) is 5.58. The second-order valence-corrected chi connectivity index (χ2v) is 6.43. The SMILES string of the molecule is CCCCN(C)S(=O)(=O)Cc1ccc([N+](=O)[O-])cc1. The highest BCUT2D eigenvalue weighted by Gasteiger charge is 2.18. The molecule has 1 rings (SSSR count). The van der Waals surface area contributed by atoms with Gasteiger partial charge in [-0.3, -0.25) is 10.1 Å². The second-order valence-electron chi connectivity index (χ2n) is 4.35. The molecule has 7 heteroatoms. The van der Waals surface area contributed by atoms with Crippen LogP contribution >= 0.6 is 0 Å². The summed E-state index contributed by atoms with van der Waals surface area (Å²) in [6.45, 7) is 2.49. The van der Waals surface area contributed by atoms with E-state index in [9.17, 15) is 18.5 Å². The lowest BCUT2D eigenvalue weighted by Gasteiger charge is -2.16. The van der Waals surface area contributed by atoms with Gasteiger partial charge >= 0.3 is 0 Å². The molecule has 0 aromatic heterocycles. The Hall–Kier alpha value is -1.47. The van der Waals surface area contributed by atoms with Gasteiger partial charge in [-0.2, -0.15) is 0 Å². The maximum atomic E-state index is 12.0. The molecule has 0 unspecified atom stereocenters. The van der Waals surface area contributed by atoms with Gasteiger partial charge in [-0.05, 0) is 12.0 Å². The van der Waals surface area contributed by atoms with E-state index >= 15 is 0 Å². The molecule has 0 aliphatic rings. The predicted octanol–water partition coefficient (Wildman–Crippen LogP) is 2.16. The van der Waals surface area contributed by atoms with Crippen molar-refractivity contribution < 1.29 is 13.3 Å². The van der Waals surface area contributed by atoms with Gasteiger partial charge in [0.1, 0.15) is 0 Å². The third-order valence-electron chi connectivity index (χ3n) is 2.80. The van der Waals surface area contributed by atoms with Crippen LogP contribution in [-0.4, -0.2) is 31.2 Å². The average molecular weight is 286 g/mol. The summed E-state index contributed by atoms with van der Waals surface area (Å²) in [4.78, 5) is 9.99. The zero-order chi connectivity index (χ0) is 14.5. The Morgan fingerprint density at radius 1 is 1.26 bits per heavy atom. The van der Waals surface area contributed by atoms with Crippen LogP contribution < -0.4 is 0 Å². The quantitative estimate of drug-likeness (QED) is 0.568. The number of hydrogen-bond donors (Lipinski definition) is 0. The van der Waals surface area contributed by atoms with Crippen LogP contribution in [0.3, 0.4) is 0 Å². The van der Waals surface area contributed by atoms with Crippen molar-refractivity contribution in [2.45, 2.75) is 25.5 Å². The summed E-state index contributed by atoms with van der Waals surface area (Å²) in [7, 11) is -1.80. The number of nitro groups is 1. The second kappa shape index (κ2) is 6.63. The van der Waals surface area contributed by atoms with Crippen LogP contribution in [0.25, 0.3) is 0 Å². The number of non-ortho nitro benzene ring substituents is 1. The Morgan fingerprint density at radius 3 is 2.32 bits per heavy atom. The zero-order valence-corrected chi connectivity index (χ0v) is 11.9. The molecule has 6 nitrogen and oxygen atoms in total. The van der Waals surface area contributed by atoms with Crippen LogP contribution in [0.15, 0.2) is 24.3 Å². The first-order valence-electron chi connectivity index (χ1n) is 6.04. The first kappa shape index (κ1) is 15.6. The highest BCUT2D eigenvalue weighted by molar-refractivity contribution is 7.88. The normalized spacial score (nSPS) is 11.7. The van der Waals surface area contributed by atoms with E-state index in [0.29, 0.717) is 12.1 Å². The number of rotatable bonds is 7. The molecule has 106 valence electrons. The van der Waals surface area contributed by atoms with Crippen LogP contribution in [0, 0.1) is 10.1 Å². The summed E-state index contributed by atoms with van der Waals surface area (Å²) in [6.07, 6.45) is 1.74. The Morgan fingerprint density at radius 2 is 1.84 bits per heavy atom. The number of hydrogen-bond acceptors (Lipinski definition) is 4. The van der Waals surface area contributed by atoms with Crippen molar-refractivity contribution in [2.24, 2.45) is 0 Å². The van der Waals surface area contributed by atoms with Crippen LogP contribution in [-0.2, 0) is 15.8 Å². The molecule has 0 heterocycles. The van der Waals surface area contributed by atoms with Crippen molar-refractivity contribution in [3.8, 4) is 0 Å². The summed E-state index contributed by atoms with van der Waals surface area (Å²) in [5.74, 6) is -0.134. The lowest BCUT2D eigenvalue weighted by molar-refractivity contribution is -0.384. The van der Waals surface area contributed by atoms with E-state index in [2.05, 4.69) is 0 Å². The lowest BCUT2D eigenvalue weighted by Crippen LogP contribution is -2.29. The van der Waals surface area contributed by atoms with E-state index in [-0.39, 0.29) is 11.4 Å². The van der Waals surface area contributed by atoms with Crippen molar-refractivity contribution in [2.75, 3.05) is 13.6 Å². The van der Waals surface area contributed by atoms with Crippen molar-refractivity contribution in [3.05, 3.63) is 39.9 Å². The Balaban J connectivity index is 2.75. The van der Waals surface area contributed by atoms with Gasteiger partial charge in [-0.15, -0.1) is 0 Å². The smallest absolute Gasteiger partial charge is 0.258 e. The molecule has 0 bridgehead atoms. The minimum absolute atomic E-state index is 0.0412. The fraction of sp³-hybridized carbons (Fsp3) is 0.500. The minimum Gasteiger partial charge on any atom is -0.258 e. The molecule has 0 amide bonds. The molecular weight excluding hydrogens is 268 g/mol. The molecule has 0 spiro atoms. The van der Waals surface area contributed by atoms with E-state index in [1.54, 1.807) is 7.05 Å². The third-order valence-corrected chi connectivity index (χ3v) is 4.63. The standard InChI is InChI=1S/C12H18N2O4S/c1-3-4-9-13(2)19(17,18)10-11-5-7-12(8-6-11)14(15)16/h5-8H,3-4,9-10H2,1-2H3. The number of nitrogens with zero attached hydrogens (tertiary/aromatic N) is 2. The number of sulfonamides is 1. The van der Waals surface area contributed by atoms with Gasteiger partial charge in [-0.25, -0.2) is 12.7 Å². The lowest BCUT2D eigenvalue weighted by atomic mass is 10.2. The van der Waals surface area contributed by atoms with Gasteiger partial charge < -0.3 is 0 Å². The topological polar surface area (TPSA) is 80.5 Å². The maximum Gasteiger partial charge on any atom is 0.269 e. The zero-order valence-electron chi connectivity index (χ0n) is 11.1. The molecule has 19 heavy (non-hydrogen) atoms. The molecule has 0 N–H and O–H groups in total. The highest BCUT2D eigenvalue weighted by Crippen LogP contribution is 2.15. The maximum absolute atomic E-state index is 12.0. The Kier molecular flexibility index (Phi) is 5.44. The summed E-state index contributed by atoms with van der Waals surface area (Å²) in [5, 5.41) is 10.5. The van der Waals surface area contributed by atoms with Crippen molar-refractivity contribution in [1.29, 1.82) is 0 Å². The first-order chi connectivity index (χ1) is 8.86. The average Bonchev–Trinajstić information content (AvgIpc) is 2.36. The van der Waals surface area contributed by atoms with Crippen LogP contribution in [0.4, 0.5) is 5.69 Å². The Bertz CT molecular complexity index is 525. The van der Waals surface area contributed by atoms with Gasteiger partial charge in [-0.1, -0.05) is 25.5 Å². The van der Waals surface area contributed by atoms with E-state index in [0.717, 1.165) is 12.8 Å².